The van der Waals surface area contributed by atoms with Gasteiger partial charge in [-0.2, -0.15) is 0 Å². The fourth-order valence-corrected chi connectivity index (χ4v) is 10.3. The summed E-state index contributed by atoms with van der Waals surface area (Å²) in [5, 5.41) is 2.22. The van der Waals surface area contributed by atoms with Crippen LogP contribution < -0.4 is 0 Å². The standard InChI is InChI=1S/C33H43N3O2S/c1-22-5-3-4-6-27(22)31-28-9-14-39-29(28)7-10-34(31)11-8-30(37)35-12-13-36(23(2)21-35)32(38)33-18-24-15-25(19-33)17-26(16-24)20-33/h3-6,9,14,23-26,31H,7-8,10-13,15-21H2,1-2H3. The first-order chi connectivity index (χ1) is 18.9. The van der Waals surface area contributed by atoms with Gasteiger partial charge < -0.3 is 9.80 Å². The molecule has 208 valence electrons. The lowest BCUT2D eigenvalue weighted by Crippen LogP contribution is -2.61. The van der Waals surface area contributed by atoms with Gasteiger partial charge in [0, 0.05) is 50.1 Å². The van der Waals surface area contributed by atoms with Gasteiger partial charge in [-0.3, -0.25) is 14.5 Å². The third-order valence-electron chi connectivity index (χ3n) is 10.9. The van der Waals surface area contributed by atoms with E-state index in [4.69, 9.17) is 0 Å². The minimum Gasteiger partial charge on any atom is -0.339 e. The van der Waals surface area contributed by atoms with Gasteiger partial charge in [-0.15, -0.1) is 11.3 Å². The van der Waals surface area contributed by atoms with Crippen LogP contribution in [0.2, 0.25) is 0 Å². The molecule has 3 heterocycles. The van der Waals surface area contributed by atoms with Crippen molar-refractivity contribution in [2.75, 3.05) is 32.7 Å². The summed E-state index contributed by atoms with van der Waals surface area (Å²) in [6, 6.07) is 11.3. The average molecular weight is 546 g/mol. The van der Waals surface area contributed by atoms with E-state index in [9.17, 15) is 9.59 Å². The molecule has 2 aromatic rings. The number of carbonyl (C=O) groups excluding carboxylic acids is 2. The van der Waals surface area contributed by atoms with Gasteiger partial charge in [-0.1, -0.05) is 24.3 Å². The number of benzene rings is 1. The third-order valence-corrected chi connectivity index (χ3v) is 11.9. The van der Waals surface area contributed by atoms with Crippen LogP contribution >= 0.6 is 11.3 Å². The highest BCUT2D eigenvalue weighted by Crippen LogP contribution is 2.60. The molecule has 5 nitrogen and oxygen atoms in total. The van der Waals surface area contributed by atoms with Crippen molar-refractivity contribution in [3.63, 3.8) is 0 Å². The fourth-order valence-electron chi connectivity index (χ4n) is 9.43. The van der Waals surface area contributed by atoms with E-state index in [0.29, 0.717) is 32.0 Å². The zero-order valence-electron chi connectivity index (χ0n) is 23.6. The van der Waals surface area contributed by atoms with Crippen molar-refractivity contribution in [3.8, 4) is 0 Å². The topological polar surface area (TPSA) is 43.9 Å². The Bertz CT molecular complexity index is 1220. The number of thiophene rings is 1. The Morgan fingerprint density at radius 2 is 1.67 bits per heavy atom. The van der Waals surface area contributed by atoms with Crippen molar-refractivity contribution in [2.45, 2.75) is 77.3 Å². The highest BCUT2D eigenvalue weighted by Gasteiger charge is 2.56. The van der Waals surface area contributed by atoms with Gasteiger partial charge in [0.2, 0.25) is 11.8 Å². The molecule has 4 saturated carbocycles. The molecule has 2 amide bonds. The van der Waals surface area contributed by atoms with Gasteiger partial charge >= 0.3 is 0 Å². The van der Waals surface area contributed by atoms with Crippen LogP contribution in [0.5, 0.6) is 0 Å². The maximum atomic E-state index is 14.0. The zero-order chi connectivity index (χ0) is 26.7. The number of hydrogen-bond donors (Lipinski definition) is 0. The first-order valence-electron chi connectivity index (χ1n) is 15.3. The van der Waals surface area contributed by atoms with E-state index in [1.165, 1.54) is 40.8 Å². The molecule has 2 atom stereocenters. The largest absolute Gasteiger partial charge is 0.339 e. The number of fused-ring (bicyclic) bond motifs is 1. The molecule has 4 aliphatic carbocycles. The quantitative estimate of drug-likeness (QED) is 0.486. The van der Waals surface area contributed by atoms with Gasteiger partial charge in [0.25, 0.3) is 0 Å². The van der Waals surface area contributed by atoms with Gasteiger partial charge in [-0.25, -0.2) is 0 Å². The second kappa shape index (κ2) is 10.0. The Kier molecular flexibility index (Phi) is 6.62. The van der Waals surface area contributed by atoms with E-state index in [2.05, 4.69) is 59.4 Å². The number of aryl methyl sites for hydroxylation is 1. The molecule has 2 unspecified atom stereocenters. The SMILES string of the molecule is Cc1ccccc1C1c2ccsc2CCN1CCC(=O)N1CCN(C(=O)C23CC4CC(CC(C4)C2)C3)C(C)C1. The predicted octanol–water partition coefficient (Wildman–Crippen LogP) is 5.67. The van der Waals surface area contributed by atoms with Crippen molar-refractivity contribution >= 4 is 23.2 Å². The smallest absolute Gasteiger partial charge is 0.229 e. The van der Waals surface area contributed by atoms with Gasteiger partial charge in [0.1, 0.15) is 0 Å². The number of carbonyl (C=O) groups is 2. The van der Waals surface area contributed by atoms with Gasteiger partial charge in [-0.05, 0) is 105 Å². The summed E-state index contributed by atoms with van der Waals surface area (Å²) in [4.78, 5) is 35.7. The molecule has 0 radical (unpaired) electrons. The second-order valence-electron chi connectivity index (χ2n) is 13.5. The van der Waals surface area contributed by atoms with Crippen LogP contribution in [-0.4, -0.2) is 65.3 Å². The van der Waals surface area contributed by atoms with E-state index >= 15 is 0 Å². The van der Waals surface area contributed by atoms with E-state index in [1.54, 1.807) is 0 Å². The summed E-state index contributed by atoms with van der Waals surface area (Å²) >= 11 is 1.87. The van der Waals surface area contributed by atoms with Crippen LogP contribution in [0.3, 0.4) is 0 Å². The maximum absolute atomic E-state index is 14.0. The van der Waals surface area contributed by atoms with Crippen LogP contribution in [0.1, 0.15) is 79.5 Å². The van der Waals surface area contributed by atoms with Crippen LogP contribution in [0.25, 0.3) is 0 Å². The molecule has 1 saturated heterocycles. The summed E-state index contributed by atoms with van der Waals surface area (Å²) in [5.74, 6) is 3.00. The van der Waals surface area contributed by atoms with Gasteiger partial charge in [0.05, 0.1) is 11.5 Å². The molecule has 1 aromatic heterocycles. The van der Waals surface area contributed by atoms with Crippen molar-refractivity contribution in [1.29, 1.82) is 0 Å². The molecule has 6 aliphatic rings. The van der Waals surface area contributed by atoms with E-state index in [1.807, 2.05) is 16.2 Å². The maximum Gasteiger partial charge on any atom is 0.229 e. The lowest BCUT2D eigenvalue weighted by atomic mass is 9.49. The summed E-state index contributed by atoms with van der Waals surface area (Å²) in [5.41, 5.74) is 3.99. The predicted molar refractivity (Wildman–Crippen MR) is 156 cm³/mol. The Morgan fingerprint density at radius 3 is 2.36 bits per heavy atom. The summed E-state index contributed by atoms with van der Waals surface area (Å²) in [7, 11) is 0. The molecule has 4 bridgehead atoms. The molecule has 8 rings (SSSR count). The summed E-state index contributed by atoms with van der Waals surface area (Å²) in [6.45, 7) is 8.17. The van der Waals surface area contributed by atoms with Crippen LogP contribution in [0.4, 0.5) is 0 Å². The molecule has 5 fully saturated rings. The second-order valence-corrected chi connectivity index (χ2v) is 14.5. The molecular weight excluding hydrogens is 502 g/mol. The van der Waals surface area contributed by atoms with Crippen molar-refractivity contribution in [3.05, 3.63) is 57.3 Å². The fraction of sp³-hybridized carbons (Fsp3) is 0.636. The molecule has 6 heteroatoms. The minimum absolute atomic E-state index is 0.0887. The lowest BCUT2D eigenvalue weighted by Gasteiger charge is -2.57. The Balaban J connectivity index is 0.993. The molecule has 1 aromatic carbocycles. The zero-order valence-corrected chi connectivity index (χ0v) is 24.4. The first-order valence-corrected chi connectivity index (χ1v) is 16.2. The van der Waals surface area contributed by atoms with Crippen LogP contribution in [0, 0.1) is 30.1 Å². The Labute approximate surface area is 237 Å². The first kappa shape index (κ1) is 25.8. The van der Waals surface area contributed by atoms with Gasteiger partial charge in [0.15, 0.2) is 0 Å². The summed E-state index contributed by atoms with van der Waals surface area (Å²) in [6.07, 6.45) is 9.04. The Hall–Kier alpha value is -2.18. The average Bonchev–Trinajstić information content (AvgIpc) is 3.40. The summed E-state index contributed by atoms with van der Waals surface area (Å²) < 4.78 is 0. The molecule has 0 spiro atoms. The van der Waals surface area contributed by atoms with E-state index in [-0.39, 0.29) is 23.4 Å². The Morgan fingerprint density at radius 1 is 0.949 bits per heavy atom. The van der Waals surface area contributed by atoms with Crippen molar-refractivity contribution < 1.29 is 9.59 Å². The van der Waals surface area contributed by atoms with Crippen molar-refractivity contribution in [2.24, 2.45) is 23.2 Å². The van der Waals surface area contributed by atoms with Crippen LogP contribution in [-0.2, 0) is 16.0 Å². The number of piperazine rings is 1. The van der Waals surface area contributed by atoms with E-state index in [0.717, 1.165) is 56.5 Å². The van der Waals surface area contributed by atoms with Crippen LogP contribution in [0.15, 0.2) is 35.7 Å². The molecule has 0 N–H and O–H groups in total. The normalized spacial score (nSPS) is 33.8. The highest BCUT2D eigenvalue weighted by atomic mass is 32.1. The lowest BCUT2D eigenvalue weighted by molar-refractivity contribution is -0.163. The molecule has 39 heavy (non-hydrogen) atoms. The van der Waals surface area contributed by atoms with E-state index < -0.39 is 0 Å². The monoisotopic (exact) mass is 545 g/mol. The number of amides is 2. The highest BCUT2D eigenvalue weighted by molar-refractivity contribution is 7.10. The number of rotatable bonds is 5. The minimum atomic E-state index is -0.0887. The number of hydrogen-bond acceptors (Lipinski definition) is 4. The molecular formula is C33H43N3O2S. The molecule has 2 aliphatic heterocycles. The number of nitrogens with zero attached hydrogens (tertiary/aromatic N) is 3. The third kappa shape index (κ3) is 4.56. The van der Waals surface area contributed by atoms with Crippen molar-refractivity contribution in [1.82, 2.24) is 14.7 Å².